The van der Waals surface area contributed by atoms with E-state index in [4.69, 9.17) is 5.73 Å². The van der Waals surface area contributed by atoms with Gasteiger partial charge in [0.1, 0.15) is 0 Å². The van der Waals surface area contributed by atoms with Gasteiger partial charge in [-0.05, 0) is 31.4 Å². The molecule has 25 heavy (non-hydrogen) atoms. The minimum atomic E-state index is -0.440. The summed E-state index contributed by atoms with van der Waals surface area (Å²) in [5.41, 5.74) is 7.16. The van der Waals surface area contributed by atoms with E-state index in [1.807, 2.05) is 0 Å². The number of amides is 1. The molecule has 0 radical (unpaired) electrons. The highest BCUT2D eigenvalue weighted by Gasteiger charge is 2.33. The number of hydrogen-bond donors (Lipinski definition) is 2. The maximum atomic E-state index is 12.2. The van der Waals surface area contributed by atoms with Gasteiger partial charge in [-0.25, -0.2) is 0 Å². The van der Waals surface area contributed by atoms with E-state index in [1.165, 1.54) is 6.07 Å². The summed E-state index contributed by atoms with van der Waals surface area (Å²) in [6.07, 6.45) is 1.28. The summed E-state index contributed by atoms with van der Waals surface area (Å²) in [6, 6.07) is 4.89. The molecule has 3 N–H and O–H groups in total. The molecule has 1 fully saturated rings. The summed E-state index contributed by atoms with van der Waals surface area (Å²) >= 11 is 0. The largest absolute Gasteiger partial charge is 0.327 e. The second-order valence-corrected chi connectivity index (χ2v) is 7.16. The molecule has 1 unspecified atom stereocenters. The SMILES string of the molecule is Cc1c(NC(=O)CCN2CCC(N)C(C)(C)C2)cccc1[N+](=O)[O-].Cl. The first-order valence-corrected chi connectivity index (χ1v) is 8.22. The number of halogens is 1. The minimum Gasteiger partial charge on any atom is -0.327 e. The zero-order chi connectivity index (χ0) is 17.9. The molecule has 2 rings (SSSR count). The van der Waals surface area contributed by atoms with Gasteiger partial charge in [0, 0.05) is 31.6 Å². The van der Waals surface area contributed by atoms with Crippen LogP contribution in [0.3, 0.4) is 0 Å². The lowest BCUT2D eigenvalue weighted by Gasteiger charge is -2.42. The Morgan fingerprint density at radius 2 is 2.16 bits per heavy atom. The fourth-order valence-electron chi connectivity index (χ4n) is 3.10. The number of nitrogens with zero attached hydrogens (tertiary/aromatic N) is 2. The van der Waals surface area contributed by atoms with Crippen LogP contribution in [0.2, 0.25) is 0 Å². The molecule has 1 aromatic rings. The van der Waals surface area contributed by atoms with Crippen molar-refractivity contribution in [1.82, 2.24) is 4.90 Å². The third kappa shape index (κ3) is 5.39. The second kappa shape index (κ2) is 8.60. The van der Waals surface area contributed by atoms with Crippen LogP contribution in [0.15, 0.2) is 18.2 Å². The predicted molar refractivity (Wildman–Crippen MR) is 101 cm³/mol. The number of nitro benzene ring substituents is 1. The van der Waals surface area contributed by atoms with Crippen LogP contribution in [0.4, 0.5) is 11.4 Å². The average Bonchev–Trinajstić information content (AvgIpc) is 2.50. The van der Waals surface area contributed by atoms with Crippen molar-refractivity contribution < 1.29 is 9.72 Å². The molecule has 8 heteroatoms. The highest BCUT2D eigenvalue weighted by molar-refractivity contribution is 5.92. The number of carbonyl (C=O) groups is 1. The number of nitrogens with one attached hydrogen (secondary N) is 1. The van der Waals surface area contributed by atoms with Crippen LogP contribution in [0.25, 0.3) is 0 Å². The fraction of sp³-hybridized carbons (Fsp3) is 0.588. The van der Waals surface area contributed by atoms with Gasteiger partial charge in [0.15, 0.2) is 0 Å². The van der Waals surface area contributed by atoms with E-state index < -0.39 is 4.92 Å². The molecule has 1 aliphatic rings. The number of hydrogen-bond acceptors (Lipinski definition) is 5. The number of likely N-dealkylation sites (tertiary alicyclic amines) is 1. The molecule has 7 nitrogen and oxygen atoms in total. The van der Waals surface area contributed by atoms with Crippen LogP contribution in [0.5, 0.6) is 0 Å². The first-order valence-electron chi connectivity index (χ1n) is 8.22. The monoisotopic (exact) mass is 370 g/mol. The first-order chi connectivity index (χ1) is 11.2. The number of carbonyl (C=O) groups excluding carboxylic acids is 1. The highest BCUT2D eigenvalue weighted by atomic mass is 35.5. The van der Waals surface area contributed by atoms with E-state index in [0.29, 0.717) is 24.2 Å². The van der Waals surface area contributed by atoms with E-state index in [0.717, 1.165) is 19.5 Å². The van der Waals surface area contributed by atoms with Gasteiger partial charge in [0.2, 0.25) is 5.91 Å². The van der Waals surface area contributed by atoms with E-state index in [2.05, 4.69) is 24.1 Å². The number of nitrogens with two attached hydrogens (primary N) is 1. The van der Waals surface area contributed by atoms with Gasteiger partial charge in [-0.3, -0.25) is 14.9 Å². The molecule has 1 heterocycles. The van der Waals surface area contributed by atoms with Crippen molar-refractivity contribution in [1.29, 1.82) is 0 Å². The van der Waals surface area contributed by atoms with Crippen molar-refractivity contribution in [3.05, 3.63) is 33.9 Å². The second-order valence-electron chi connectivity index (χ2n) is 7.16. The normalized spacial score (nSPS) is 19.8. The summed E-state index contributed by atoms with van der Waals surface area (Å²) in [7, 11) is 0. The Morgan fingerprint density at radius 1 is 1.48 bits per heavy atom. The molecule has 0 aliphatic carbocycles. The Labute approximate surface area is 154 Å². The van der Waals surface area contributed by atoms with Crippen LogP contribution in [-0.2, 0) is 4.79 Å². The summed E-state index contributed by atoms with van der Waals surface area (Å²) in [5, 5.41) is 13.7. The molecule has 0 bridgehead atoms. The summed E-state index contributed by atoms with van der Waals surface area (Å²) in [4.78, 5) is 24.9. The molecule has 1 saturated heterocycles. The Balaban J connectivity index is 0.00000312. The van der Waals surface area contributed by atoms with Gasteiger partial charge in [-0.1, -0.05) is 19.9 Å². The van der Waals surface area contributed by atoms with Crippen LogP contribution in [0.1, 0.15) is 32.3 Å². The van der Waals surface area contributed by atoms with E-state index in [-0.39, 0.29) is 35.5 Å². The standard InChI is InChI=1S/C17H26N4O3.ClH/c1-12-13(5-4-6-14(12)21(23)24)19-16(22)8-10-20-9-7-15(18)17(2,3)11-20;/h4-6,15H,7-11,18H2,1-3H3,(H,19,22);1H. The molecule has 1 aliphatic heterocycles. The predicted octanol–water partition coefficient (Wildman–Crippen LogP) is 2.71. The third-order valence-electron chi connectivity index (χ3n) is 4.82. The molecule has 1 atom stereocenters. The van der Waals surface area contributed by atoms with Crippen molar-refractivity contribution in [2.75, 3.05) is 25.0 Å². The third-order valence-corrected chi connectivity index (χ3v) is 4.82. The van der Waals surface area contributed by atoms with Crippen molar-refractivity contribution in [3.63, 3.8) is 0 Å². The zero-order valence-corrected chi connectivity index (χ0v) is 15.8. The van der Waals surface area contributed by atoms with E-state index in [9.17, 15) is 14.9 Å². The number of nitro groups is 1. The van der Waals surface area contributed by atoms with Gasteiger partial charge >= 0.3 is 0 Å². The van der Waals surface area contributed by atoms with Crippen LogP contribution < -0.4 is 11.1 Å². The minimum absolute atomic E-state index is 0. The summed E-state index contributed by atoms with van der Waals surface area (Å²) < 4.78 is 0. The maximum absolute atomic E-state index is 12.2. The topological polar surface area (TPSA) is 102 Å². The number of piperidine rings is 1. The number of benzene rings is 1. The van der Waals surface area contributed by atoms with Crippen molar-refractivity contribution in [3.8, 4) is 0 Å². The highest BCUT2D eigenvalue weighted by Crippen LogP contribution is 2.28. The van der Waals surface area contributed by atoms with Crippen LogP contribution in [0, 0.1) is 22.5 Å². The Kier molecular flexibility index (Phi) is 7.34. The van der Waals surface area contributed by atoms with Crippen molar-refractivity contribution >= 4 is 29.7 Å². The van der Waals surface area contributed by atoms with Gasteiger partial charge in [-0.2, -0.15) is 0 Å². The maximum Gasteiger partial charge on any atom is 0.274 e. The van der Waals surface area contributed by atoms with E-state index in [1.54, 1.807) is 19.1 Å². The molecule has 0 spiro atoms. The first kappa shape index (κ1) is 21.3. The quantitative estimate of drug-likeness (QED) is 0.613. The number of rotatable bonds is 5. The molecule has 0 aromatic heterocycles. The summed E-state index contributed by atoms with van der Waals surface area (Å²) in [6.45, 7) is 8.37. The van der Waals surface area contributed by atoms with Gasteiger partial charge < -0.3 is 16.0 Å². The number of anilines is 1. The molecule has 1 aromatic carbocycles. The lowest BCUT2D eigenvalue weighted by atomic mass is 9.79. The van der Waals surface area contributed by atoms with Crippen LogP contribution in [-0.4, -0.2) is 41.4 Å². The molecule has 140 valence electrons. The lowest BCUT2D eigenvalue weighted by Crippen LogP contribution is -2.52. The Bertz CT molecular complexity index is 636. The molecular weight excluding hydrogens is 344 g/mol. The Hall–Kier alpha value is -1.70. The molecular formula is C17H27ClN4O3. The van der Waals surface area contributed by atoms with Gasteiger partial charge in [0.25, 0.3) is 5.69 Å². The lowest BCUT2D eigenvalue weighted by molar-refractivity contribution is -0.385. The Morgan fingerprint density at radius 3 is 2.76 bits per heavy atom. The van der Waals surface area contributed by atoms with Crippen molar-refractivity contribution in [2.45, 2.75) is 39.7 Å². The summed E-state index contributed by atoms with van der Waals surface area (Å²) in [5.74, 6) is -0.133. The van der Waals surface area contributed by atoms with E-state index >= 15 is 0 Å². The molecule has 0 saturated carbocycles. The van der Waals surface area contributed by atoms with Gasteiger partial charge in [-0.15, -0.1) is 12.4 Å². The fourth-order valence-corrected chi connectivity index (χ4v) is 3.10. The zero-order valence-electron chi connectivity index (χ0n) is 14.9. The smallest absolute Gasteiger partial charge is 0.274 e. The van der Waals surface area contributed by atoms with Crippen LogP contribution >= 0.6 is 12.4 Å². The molecule has 1 amide bonds. The average molecular weight is 371 g/mol. The van der Waals surface area contributed by atoms with Crippen molar-refractivity contribution in [2.24, 2.45) is 11.1 Å². The van der Waals surface area contributed by atoms with Gasteiger partial charge in [0.05, 0.1) is 16.2 Å².